The quantitative estimate of drug-likeness (QED) is 0.325. The van der Waals surface area contributed by atoms with Gasteiger partial charge in [-0.2, -0.15) is 10.2 Å². The summed E-state index contributed by atoms with van der Waals surface area (Å²) < 4.78 is 16.1. The van der Waals surface area contributed by atoms with Crippen molar-refractivity contribution in [3.8, 4) is 28.5 Å². The van der Waals surface area contributed by atoms with Gasteiger partial charge in [-0.1, -0.05) is 30.3 Å². The zero-order valence-corrected chi connectivity index (χ0v) is 18.8. The van der Waals surface area contributed by atoms with Crippen LogP contribution in [0.4, 0.5) is 0 Å². The van der Waals surface area contributed by atoms with E-state index in [0.717, 1.165) is 21.9 Å². The number of hydrogen-bond donors (Lipinski definition) is 2. The number of fused-ring (bicyclic) bond motifs is 1. The summed E-state index contributed by atoms with van der Waals surface area (Å²) in [4.78, 5) is 12.7. The first-order chi connectivity index (χ1) is 16.0. The van der Waals surface area contributed by atoms with E-state index in [4.69, 9.17) is 14.2 Å². The predicted octanol–water partition coefficient (Wildman–Crippen LogP) is 4.41. The summed E-state index contributed by atoms with van der Waals surface area (Å²) in [7, 11) is 4.75. The third-order valence-corrected chi connectivity index (χ3v) is 5.32. The minimum Gasteiger partial charge on any atom is -0.496 e. The van der Waals surface area contributed by atoms with Crippen molar-refractivity contribution in [2.24, 2.45) is 5.10 Å². The van der Waals surface area contributed by atoms with Crippen LogP contribution >= 0.6 is 0 Å². The molecule has 1 heterocycles. The summed E-state index contributed by atoms with van der Waals surface area (Å²) in [5.41, 5.74) is 5.67. The van der Waals surface area contributed by atoms with Crippen molar-refractivity contribution in [1.82, 2.24) is 15.6 Å². The van der Waals surface area contributed by atoms with Crippen molar-refractivity contribution in [2.45, 2.75) is 6.92 Å². The molecule has 168 valence electrons. The second kappa shape index (κ2) is 9.44. The molecule has 8 heteroatoms. The number of aromatic nitrogens is 2. The molecule has 0 aliphatic heterocycles. The number of carbonyl (C=O) groups is 1. The van der Waals surface area contributed by atoms with Gasteiger partial charge in [-0.15, -0.1) is 0 Å². The molecule has 0 saturated heterocycles. The van der Waals surface area contributed by atoms with Gasteiger partial charge in [-0.05, 0) is 48.0 Å². The van der Waals surface area contributed by atoms with E-state index in [-0.39, 0.29) is 5.69 Å². The second-order valence-corrected chi connectivity index (χ2v) is 7.24. The van der Waals surface area contributed by atoms with Gasteiger partial charge in [0.25, 0.3) is 5.91 Å². The van der Waals surface area contributed by atoms with Crippen LogP contribution < -0.4 is 19.6 Å². The van der Waals surface area contributed by atoms with Crippen LogP contribution in [0.15, 0.2) is 65.8 Å². The molecule has 33 heavy (non-hydrogen) atoms. The zero-order valence-electron chi connectivity index (χ0n) is 18.8. The number of carbonyl (C=O) groups excluding carboxylic acids is 1. The molecule has 0 aliphatic rings. The molecule has 0 unspecified atom stereocenters. The van der Waals surface area contributed by atoms with Crippen LogP contribution in [0, 0.1) is 0 Å². The molecule has 3 aromatic carbocycles. The lowest BCUT2D eigenvalue weighted by Gasteiger charge is -2.10. The van der Waals surface area contributed by atoms with E-state index >= 15 is 0 Å². The lowest BCUT2D eigenvalue weighted by atomic mass is 10.0. The predicted molar refractivity (Wildman–Crippen MR) is 127 cm³/mol. The van der Waals surface area contributed by atoms with Crippen LogP contribution in [-0.4, -0.2) is 43.1 Å². The fourth-order valence-corrected chi connectivity index (χ4v) is 3.57. The topological polar surface area (TPSA) is 97.8 Å². The molecule has 2 N–H and O–H groups in total. The average Bonchev–Trinajstić information content (AvgIpc) is 3.35. The minimum atomic E-state index is -0.409. The van der Waals surface area contributed by atoms with Crippen LogP contribution in [0.25, 0.3) is 22.0 Å². The van der Waals surface area contributed by atoms with Crippen molar-refractivity contribution in [3.63, 3.8) is 0 Å². The third-order valence-electron chi connectivity index (χ3n) is 5.32. The number of hydrogen-bond acceptors (Lipinski definition) is 6. The Morgan fingerprint density at radius 2 is 1.64 bits per heavy atom. The van der Waals surface area contributed by atoms with Crippen LogP contribution in [-0.2, 0) is 0 Å². The van der Waals surface area contributed by atoms with Crippen LogP contribution in [0.1, 0.15) is 23.0 Å². The number of hydrazone groups is 1. The number of aromatic amines is 1. The van der Waals surface area contributed by atoms with E-state index in [2.05, 4.69) is 20.7 Å². The number of nitrogens with zero attached hydrogens (tertiary/aromatic N) is 2. The number of methoxy groups -OCH3 is 3. The lowest BCUT2D eigenvalue weighted by Crippen LogP contribution is -2.19. The smallest absolute Gasteiger partial charge is 0.289 e. The lowest BCUT2D eigenvalue weighted by molar-refractivity contribution is 0.0950. The van der Waals surface area contributed by atoms with E-state index in [9.17, 15) is 4.79 Å². The van der Waals surface area contributed by atoms with Crippen LogP contribution in [0.2, 0.25) is 0 Å². The van der Waals surface area contributed by atoms with Crippen molar-refractivity contribution in [2.75, 3.05) is 21.3 Å². The Morgan fingerprint density at radius 1 is 0.909 bits per heavy atom. The van der Waals surface area contributed by atoms with Crippen molar-refractivity contribution >= 4 is 22.4 Å². The largest absolute Gasteiger partial charge is 0.496 e. The molecule has 0 aliphatic carbocycles. The number of nitrogens with one attached hydrogen (secondary N) is 2. The van der Waals surface area contributed by atoms with E-state index in [1.165, 1.54) is 0 Å². The molecule has 1 amide bonds. The molecule has 0 spiro atoms. The van der Waals surface area contributed by atoms with Gasteiger partial charge in [0, 0.05) is 5.56 Å². The number of H-pyrrole nitrogens is 1. The van der Waals surface area contributed by atoms with E-state index in [1.807, 2.05) is 42.5 Å². The fourth-order valence-electron chi connectivity index (χ4n) is 3.57. The SMILES string of the molecule is COc1ccc(/C(C)=N\NC(=O)c2cc(-c3c(OC)ccc4ccccc34)n[nH]2)cc1OC. The normalized spacial score (nSPS) is 11.3. The van der Waals surface area contributed by atoms with Gasteiger partial charge in [0.1, 0.15) is 11.4 Å². The van der Waals surface area contributed by atoms with Crippen molar-refractivity contribution < 1.29 is 19.0 Å². The van der Waals surface area contributed by atoms with Crippen molar-refractivity contribution in [3.05, 3.63) is 71.9 Å². The highest BCUT2D eigenvalue weighted by Gasteiger charge is 2.16. The molecular formula is C25H24N4O4. The standard InChI is InChI=1S/C25H24N4O4/c1-15(17-10-11-21(31-2)23(13-17)33-4)26-29-25(30)20-14-19(27-28-20)24-18-8-6-5-7-16(18)9-12-22(24)32-3/h5-14H,1-4H3,(H,27,28)(H,29,30)/b26-15-. The van der Waals surface area contributed by atoms with Crippen LogP contribution in [0.3, 0.4) is 0 Å². The molecule has 0 atom stereocenters. The van der Waals surface area contributed by atoms with Crippen LogP contribution in [0.5, 0.6) is 17.2 Å². The van der Waals surface area contributed by atoms with Gasteiger partial charge in [-0.25, -0.2) is 5.43 Å². The molecule has 0 bridgehead atoms. The summed E-state index contributed by atoms with van der Waals surface area (Å²) in [5.74, 6) is 1.47. The molecule has 4 aromatic rings. The van der Waals surface area contributed by atoms with Gasteiger partial charge in [0.15, 0.2) is 11.5 Å². The number of ether oxygens (including phenoxy) is 3. The summed E-state index contributed by atoms with van der Waals surface area (Å²) >= 11 is 0. The maximum atomic E-state index is 12.7. The Balaban J connectivity index is 1.58. The fraction of sp³-hybridized carbons (Fsp3) is 0.160. The highest BCUT2D eigenvalue weighted by atomic mass is 16.5. The van der Waals surface area contributed by atoms with Crippen molar-refractivity contribution in [1.29, 1.82) is 0 Å². The van der Waals surface area contributed by atoms with Gasteiger partial charge >= 0.3 is 0 Å². The summed E-state index contributed by atoms with van der Waals surface area (Å²) in [5, 5.41) is 13.4. The second-order valence-electron chi connectivity index (χ2n) is 7.24. The van der Waals surface area contributed by atoms with Gasteiger partial charge in [0.05, 0.1) is 38.3 Å². The summed E-state index contributed by atoms with van der Waals surface area (Å²) in [6, 6.07) is 18.9. The monoisotopic (exact) mass is 444 g/mol. The Labute approximate surface area is 191 Å². The maximum Gasteiger partial charge on any atom is 0.289 e. The Bertz CT molecular complexity index is 1340. The molecule has 0 saturated carbocycles. The first-order valence-electron chi connectivity index (χ1n) is 10.2. The van der Waals surface area contributed by atoms with E-state index in [0.29, 0.717) is 28.7 Å². The number of benzene rings is 3. The van der Waals surface area contributed by atoms with E-state index < -0.39 is 5.91 Å². The summed E-state index contributed by atoms with van der Waals surface area (Å²) in [6.45, 7) is 1.79. The van der Waals surface area contributed by atoms with Gasteiger partial charge in [-0.3, -0.25) is 9.89 Å². The maximum absolute atomic E-state index is 12.7. The van der Waals surface area contributed by atoms with E-state index in [1.54, 1.807) is 46.5 Å². The Kier molecular flexibility index (Phi) is 6.26. The molecule has 0 radical (unpaired) electrons. The molecule has 4 rings (SSSR count). The third kappa shape index (κ3) is 4.36. The zero-order chi connectivity index (χ0) is 23.4. The molecule has 0 fully saturated rings. The van der Waals surface area contributed by atoms with Gasteiger partial charge in [0.2, 0.25) is 0 Å². The Hall–Kier alpha value is -4.33. The minimum absolute atomic E-state index is 0.281. The molecule has 1 aromatic heterocycles. The van der Waals surface area contributed by atoms with Gasteiger partial charge < -0.3 is 14.2 Å². The Morgan fingerprint density at radius 3 is 2.39 bits per heavy atom. The molecule has 8 nitrogen and oxygen atoms in total. The first-order valence-corrected chi connectivity index (χ1v) is 10.2. The average molecular weight is 444 g/mol. The molecular weight excluding hydrogens is 420 g/mol. The first kappa shape index (κ1) is 21.9. The number of rotatable bonds is 7. The summed E-state index contributed by atoms with van der Waals surface area (Å²) in [6.07, 6.45) is 0. The highest BCUT2D eigenvalue weighted by molar-refractivity contribution is 6.02. The number of amides is 1. The highest BCUT2D eigenvalue weighted by Crippen LogP contribution is 2.36.